The molecule has 2 aliphatic heterocycles. The molecule has 35 heavy (non-hydrogen) atoms. The van der Waals surface area contributed by atoms with Crippen LogP contribution in [0.15, 0.2) is 47.5 Å². The molecule has 2 atom stereocenters. The predicted octanol–water partition coefficient (Wildman–Crippen LogP) is 2.24. The highest BCUT2D eigenvalue weighted by molar-refractivity contribution is 6.05. The normalized spacial score (nSPS) is 19.7. The minimum Gasteiger partial charge on any atom is -0.459 e. The maximum atomic E-state index is 13.6. The number of urea groups is 1. The van der Waals surface area contributed by atoms with Crippen molar-refractivity contribution in [1.82, 2.24) is 24.5 Å². The number of hydrogen-bond donors (Lipinski definition) is 0. The molecule has 10 nitrogen and oxygen atoms in total. The van der Waals surface area contributed by atoms with Gasteiger partial charge < -0.3 is 14.5 Å². The molecule has 0 radical (unpaired) electrons. The van der Waals surface area contributed by atoms with Crippen LogP contribution in [-0.2, 0) is 20.9 Å². The summed E-state index contributed by atoms with van der Waals surface area (Å²) in [6.45, 7) is 11.6. The number of hydrogen-bond acceptors (Lipinski definition) is 7. The maximum absolute atomic E-state index is 13.6. The molecule has 3 amide bonds. The molecule has 1 saturated heterocycles. The molecule has 2 unspecified atom stereocenters. The highest BCUT2D eigenvalue weighted by Gasteiger charge is 2.53. The number of carbonyl (C=O) groups excluding carboxylic acids is 3. The fourth-order valence-corrected chi connectivity index (χ4v) is 4.28. The molecule has 1 fully saturated rings. The van der Waals surface area contributed by atoms with Crippen LogP contribution in [0.1, 0.15) is 29.4 Å². The van der Waals surface area contributed by atoms with E-state index in [0.29, 0.717) is 12.5 Å². The van der Waals surface area contributed by atoms with Gasteiger partial charge in [0.15, 0.2) is 12.2 Å². The van der Waals surface area contributed by atoms with Gasteiger partial charge >= 0.3 is 12.0 Å². The van der Waals surface area contributed by atoms with Crippen molar-refractivity contribution in [2.45, 2.75) is 46.5 Å². The topological polar surface area (TPSA) is 100 Å². The first-order valence-electron chi connectivity index (χ1n) is 11.4. The molecule has 3 heterocycles. The number of fused-ring (bicyclic) bond motifs is 1. The van der Waals surface area contributed by atoms with Gasteiger partial charge in [-0.15, -0.1) is 0 Å². The Morgan fingerprint density at radius 2 is 1.80 bits per heavy atom. The van der Waals surface area contributed by atoms with Crippen molar-refractivity contribution in [3.8, 4) is 0 Å². The van der Waals surface area contributed by atoms with Gasteiger partial charge in [-0.05, 0) is 38.8 Å². The fourth-order valence-electron chi connectivity index (χ4n) is 4.28. The minimum absolute atomic E-state index is 0.0596. The number of amides is 3. The average molecular weight is 479 g/mol. The smallest absolute Gasteiger partial charge is 0.328 e. The monoisotopic (exact) mass is 478 g/mol. The molecule has 4 rings (SSSR count). The second kappa shape index (κ2) is 9.36. The van der Waals surface area contributed by atoms with Crippen LogP contribution in [0.4, 0.5) is 4.79 Å². The molecular weight excluding hydrogens is 448 g/mol. The zero-order valence-electron chi connectivity index (χ0n) is 20.7. The lowest BCUT2D eigenvalue weighted by Gasteiger charge is -2.40. The molecular formula is C25H30N6O4. The Labute approximate surface area is 204 Å². The quantitative estimate of drug-likeness (QED) is 0.466. The molecule has 0 bridgehead atoms. The number of carbonyl (C=O) groups is 3. The van der Waals surface area contributed by atoms with E-state index in [0.717, 1.165) is 33.0 Å². The number of likely N-dealkylation sites (N-methyl/N-ethyl adjacent to an activating group) is 1. The van der Waals surface area contributed by atoms with Gasteiger partial charge in [-0.1, -0.05) is 42.5 Å². The van der Waals surface area contributed by atoms with Crippen molar-refractivity contribution in [2.75, 3.05) is 20.1 Å². The van der Waals surface area contributed by atoms with E-state index >= 15 is 0 Å². The Morgan fingerprint density at radius 3 is 2.40 bits per heavy atom. The SMILES string of the molecule is C=C(C)CN1C(n2nc(C)c(C)c2C)=NC2C1C(=O)N(CC(=O)OCc1ccccc1)C(=O)N2C. The molecule has 1 aromatic carbocycles. The van der Waals surface area contributed by atoms with Crippen LogP contribution in [0, 0.1) is 20.8 Å². The minimum atomic E-state index is -0.810. The number of benzene rings is 1. The number of esters is 1. The number of ether oxygens (including phenoxy) is 1. The summed E-state index contributed by atoms with van der Waals surface area (Å²) in [6, 6.07) is 7.80. The van der Waals surface area contributed by atoms with Crippen LogP contribution >= 0.6 is 0 Å². The van der Waals surface area contributed by atoms with E-state index in [1.54, 1.807) is 16.6 Å². The van der Waals surface area contributed by atoms with Gasteiger partial charge in [0, 0.05) is 19.3 Å². The highest BCUT2D eigenvalue weighted by Crippen LogP contribution is 2.29. The summed E-state index contributed by atoms with van der Waals surface area (Å²) in [5.74, 6) is -0.701. The highest BCUT2D eigenvalue weighted by atomic mass is 16.5. The van der Waals surface area contributed by atoms with Gasteiger partial charge in [-0.25, -0.2) is 14.5 Å². The molecule has 2 aliphatic rings. The van der Waals surface area contributed by atoms with E-state index in [1.165, 1.54) is 4.90 Å². The lowest BCUT2D eigenvalue weighted by atomic mass is 10.1. The molecule has 1 aromatic heterocycles. The number of rotatable bonds is 6. The molecule has 0 aliphatic carbocycles. The number of aromatic nitrogens is 2. The second-order valence-electron chi connectivity index (χ2n) is 9.04. The molecule has 0 N–H and O–H groups in total. The summed E-state index contributed by atoms with van der Waals surface area (Å²) in [6.07, 6.45) is -0.745. The Hall–Kier alpha value is -3.95. The summed E-state index contributed by atoms with van der Waals surface area (Å²) >= 11 is 0. The van der Waals surface area contributed by atoms with Crippen LogP contribution in [0.25, 0.3) is 0 Å². The second-order valence-corrected chi connectivity index (χ2v) is 9.04. The Balaban J connectivity index is 1.59. The third-order valence-electron chi connectivity index (χ3n) is 6.38. The van der Waals surface area contributed by atoms with E-state index in [9.17, 15) is 14.4 Å². The van der Waals surface area contributed by atoms with Crippen LogP contribution in [0.2, 0.25) is 0 Å². The average Bonchev–Trinajstić information content (AvgIpc) is 3.31. The molecule has 2 aromatic rings. The number of aryl methyl sites for hydroxylation is 1. The molecule has 10 heteroatoms. The zero-order valence-corrected chi connectivity index (χ0v) is 20.7. The lowest BCUT2D eigenvalue weighted by molar-refractivity contribution is -0.151. The molecule has 0 spiro atoms. The van der Waals surface area contributed by atoms with Crippen molar-refractivity contribution in [3.05, 3.63) is 65.0 Å². The van der Waals surface area contributed by atoms with Crippen molar-refractivity contribution >= 4 is 23.9 Å². The van der Waals surface area contributed by atoms with Gasteiger partial charge in [-0.3, -0.25) is 14.5 Å². The summed E-state index contributed by atoms with van der Waals surface area (Å²) in [5.41, 5.74) is 4.41. The van der Waals surface area contributed by atoms with Crippen molar-refractivity contribution < 1.29 is 19.1 Å². The van der Waals surface area contributed by atoms with Crippen molar-refractivity contribution in [2.24, 2.45) is 4.99 Å². The van der Waals surface area contributed by atoms with Gasteiger partial charge in [0.2, 0.25) is 5.96 Å². The lowest BCUT2D eigenvalue weighted by Crippen LogP contribution is -2.66. The zero-order chi connectivity index (χ0) is 25.4. The third-order valence-corrected chi connectivity index (χ3v) is 6.38. The van der Waals surface area contributed by atoms with Gasteiger partial charge in [-0.2, -0.15) is 5.10 Å². The van der Waals surface area contributed by atoms with Gasteiger partial charge in [0.25, 0.3) is 5.91 Å². The first-order valence-corrected chi connectivity index (χ1v) is 11.4. The van der Waals surface area contributed by atoms with E-state index in [-0.39, 0.29) is 6.61 Å². The maximum Gasteiger partial charge on any atom is 0.328 e. The largest absolute Gasteiger partial charge is 0.459 e. The summed E-state index contributed by atoms with van der Waals surface area (Å²) in [4.78, 5) is 48.1. The Morgan fingerprint density at radius 1 is 1.11 bits per heavy atom. The van der Waals surface area contributed by atoms with Crippen LogP contribution in [0.5, 0.6) is 0 Å². The van der Waals surface area contributed by atoms with E-state index in [4.69, 9.17) is 9.73 Å². The van der Waals surface area contributed by atoms with Gasteiger partial charge in [0.1, 0.15) is 13.2 Å². The fraction of sp³-hybridized carbons (Fsp3) is 0.400. The summed E-state index contributed by atoms with van der Waals surface area (Å²) in [5, 5.41) is 4.61. The van der Waals surface area contributed by atoms with Crippen LogP contribution < -0.4 is 0 Å². The molecule has 0 saturated carbocycles. The van der Waals surface area contributed by atoms with Crippen molar-refractivity contribution in [1.29, 1.82) is 0 Å². The standard InChI is InChI=1S/C25H30N6O4/c1-15(2)12-29-21-22(26-24(29)31-18(5)16(3)17(4)27-31)28(6)25(34)30(23(21)33)13-20(32)35-14-19-10-8-7-9-11-19/h7-11,21-22H,1,12-14H2,2-6H3. The first-order chi connectivity index (χ1) is 16.6. The number of imide groups is 1. The summed E-state index contributed by atoms with van der Waals surface area (Å²) < 4.78 is 7.02. The number of aliphatic imine (C=N–C) groups is 1. The summed E-state index contributed by atoms with van der Waals surface area (Å²) in [7, 11) is 1.58. The van der Waals surface area contributed by atoms with E-state index < -0.39 is 36.7 Å². The first kappa shape index (κ1) is 24.2. The van der Waals surface area contributed by atoms with Crippen molar-refractivity contribution in [3.63, 3.8) is 0 Å². The van der Waals surface area contributed by atoms with Crippen LogP contribution in [0.3, 0.4) is 0 Å². The Bertz CT molecular complexity index is 1220. The van der Waals surface area contributed by atoms with E-state index in [2.05, 4.69) is 11.7 Å². The number of nitrogens with zero attached hydrogens (tertiary/aromatic N) is 6. The van der Waals surface area contributed by atoms with Crippen LogP contribution in [-0.4, -0.2) is 80.7 Å². The van der Waals surface area contributed by atoms with Gasteiger partial charge in [0.05, 0.1) is 5.69 Å². The van der Waals surface area contributed by atoms with E-state index in [1.807, 2.05) is 58.0 Å². The Kier molecular flexibility index (Phi) is 6.47. The predicted molar refractivity (Wildman–Crippen MR) is 129 cm³/mol. The molecule has 184 valence electrons. The third kappa shape index (κ3) is 4.43.